The van der Waals surface area contributed by atoms with Crippen molar-refractivity contribution in [1.29, 1.82) is 0 Å². The lowest BCUT2D eigenvalue weighted by Crippen LogP contribution is -2.40. The van der Waals surface area contributed by atoms with Crippen LogP contribution < -0.4 is 0 Å². The number of carboxylic acid groups (broad SMARTS) is 1. The van der Waals surface area contributed by atoms with E-state index in [-0.39, 0.29) is 5.91 Å². The molecule has 1 atom stereocenters. The number of hydrogen-bond donors (Lipinski definition) is 1. The highest BCUT2D eigenvalue weighted by Gasteiger charge is 2.37. The van der Waals surface area contributed by atoms with Crippen LogP contribution in [-0.4, -0.2) is 39.6 Å². The average molecular weight is 300 g/mol. The van der Waals surface area contributed by atoms with Crippen LogP contribution in [-0.2, 0) is 4.79 Å². The van der Waals surface area contributed by atoms with Gasteiger partial charge in [-0.05, 0) is 19.8 Å². The molecule has 1 aromatic heterocycles. The molecule has 1 fully saturated rings. The SMILES string of the molecule is Cc1onc(-c2ccccc2)c1C(=O)N1CCC[C@H]1C(=O)O. The van der Waals surface area contributed by atoms with E-state index in [4.69, 9.17) is 4.52 Å². The van der Waals surface area contributed by atoms with Crippen molar-refractivity contribution < 1.29 is 19.2 Å². The number of benzene rings is 1. The van der Waals surface area contributed by atoms with Crippen LogP contribution >= 0.6 is 0 Å². The maximum absolute atomic E-state index is 12.8. The normalized spacial score (nSPS) is 17.7. The summed E-state index contributed by atoms with van der Waals surface area (Å²) in [5, 5.41) is 13.2. The Morgan fingerprint density at radius 2 is 2.05 bits per heavy atom. The molecule has 114 valence electrons. The maximum Gasteiger partial charge on any atom is 0.326 e. The predicted molar refractivity (Wildman–Crippen MR) is 78.4 cm³/mol. The highest BCUT2D eigenvalue weighted by Crippen LogP contribution is 2.29. The van der Waals surface area contributed by atoms with Crippen LogP contribution in [0.25, 0.3) is 11.3 Å². The third-order valence-electron chi connectivity index (χ3n) is 3.92. The number of carboxylic acids is 1. The quantitative estimate of drug-likeness (QED) is 0.940. The van der Waals surface area contributed by atoms with Crippen molar-refractivity contribution in [2.75, 3.05) is 6.54 Å². The van der Waals surface area contributed by atoms with Crippen LogP contribution in [0.3, 0.4) is 0 Å². The number of carbonyl (C=O) groups is 2. The topological polar surface area (TPSA) is 83.6 Å². The first-order valence-electron chi connectivity index (χ1n) is 7.15. The molecule has 6 nitrogen and oxygen atoms in total. The number of rotatable bonds is 3. The van der Waals surface area contributed by atoms with Gasteiger partial charge in [-0.15, -0.1) is 0 Å². The number of aromatic nitrogens is 1. The molecule has 2 aromatic rings. The fraction of sp³-hybridized carbons (Fsp3) is 0.312. The third kappa shape index (κ3) is 2.36. The van der Waals surface area contributed by atoms with Gasteiger partial charge in [-0.3, -0.25) is 4.79 Å². The summed E-state index contributed by atoms with van der Waals surface area (Å²) in [6.07, 6.45) is 1.17. The van der Waals surface area contributed by atoms with Crippen molar-refractivity contribution in [3.63, 3.8) is 0 Å². The number of amides is 1. The smallest absolute Gasteiger partial charge is 0.326 e. The van der Waals surface area contributed by atoms with Crippen molar-refractivity contribution in [3.05, 3.63) is 41.7 Å². The first-order chi connectivity index (χ1) is 10.6. The molecule has 0 bridgehead atoms. The van der Waals surface area contributed by atoms with Crippen LogP contribution in [0, 0.1) is 6.92 Å². The van der Waals surface area contributed by atoms with Gasteiger partial charge in [-0.25, -0.2) is 4.79 Å². The van der Waals surface area contributed by atoms with Gasteiger partial charge < -0.3 is 14.5 Å². The molecular weight excluding hydrogens is 284 g/mol. The van der Waals surface area contributed by atoms with E-state index in [0.717, 1.165) is 5.56 Å². The van der Waals surface area contributed by atoms with Crippen molar-refractivity contribution in [2.24, 2.45) is 0 Å². The molecule has 0 unspecified atom stereocenters. The zero-order chi connectivity index (χ0) is 15.7. The summed E-state index contributed by atoms with van der Waals surface area (Å²) in [6.45, 7) is 2.10. The van der Waals surface area contributed by atoms with E-state index in [1.807, 2.05) is 30.3 Å². The van der Waals surface area contributed by atoms with Crippen molar-refractivity contribution in [3.8, 4) is 11.3 Å². The van der Waals surface area contributed by atoms with Gasteiger partial charge in [-0.1, -0.05) is 35.5 Å². The maximum atomic E-state index is 12.8. The summed E-state index contributed by atoms with van der Waals surface area (Å²) < 4.78 is 5.18. The Bertz CT molecular complexity index is 708. The second-order valence-electron chi connectivity index (χ2n) is 5.32. The first kappa shape index (κ1) is 14.3. The molecule has 1 N–H and O–H groups in total. The van der Waals surface area contributed by atoms with Gasteiger partial charge in [0, 0.05) is 12.1 Å². The molecule has 1 aromatic carbocycles. The molecule has 1 saturated heterocycles. The van der Waals surface area contributed by atoms with E-state index in [1.54, 1.807) is 6.92 Å². The molecule has 0 saturated carbocycles. The number of aliphatic carboxylic acids is 1. The largest absolute Gasteiger partial charge is 0.480 e. The van der Waals surface area contributed by atoms with Crippen LogP contribution in [0.15, 0.2) is 34.9 Å². The summed E-state index contributed by atoms with van der Waals surface area (Å²) in [5.74, 6) is -0.899. The number of aryl methyl sites for hydroxylation is 1. The number of hydrogen-bond acceptors (Lipinski definition) is 4. The highest BCUT2D eigenvalue weighted by molar-refractivity contribution is 6.02. The Labute approximate surface area is 127 Å². The van der Waals surface area contributed by atoms with E-state index in [0.29, 0.717) is 36.4 Å². The van der Waals surface area contributed by atoms with E-state index >= 15 is 0 Å². The van der Waals surface area contributed by atoms with Gasteiger partial charge in [0.05, 0.1) is 0 Å². The minimum absolute atomic E-state index is 0.331. The fourth-order valence-corrected chi connectivity index (χ4v) is 2.83. The molecule has 1 amide bonds. The zero-order valence-electron chi connectivity index (χ0n) is 12.2. The van der Waals surface area contributed by atoms with Gasteiger partial charge >= 0.3 is 5.97 Å². The summed E-state index contributed by atoms with van der Waals surface area (Å²) in [4.78, 5) is 25.5. The van der Waals surface area contributed by atoms with Gasteiger partial charge in [0.1, 0.15) is 23.1 Å². The van der Waals surface area contributed by atoms with Crippen LogP contribution in [0.5, 0.6) is 0 Å². The minimum atomic E-state index is -0.971. The van der Waals surface area contributed by atoms with Gasteiger partial charge in [-0.2, -0.15) is 0 Å². The molecular formula is C16H16N2O4. The standard InChI is InChI=1S/C16H16N2O4/c1-10-13(14(17-22-10)11-6-3-2-4-7-11)15(19)18-9-5-8-12(18)16(20)21/h2-4,6-7,12H,5,8-9H2,1H3,(H,20,21)/t12-/m0/s1. The highest BCUT2D eigenvalue weighted by atomic mass is 16.5. The van der Waals surface area contributed by atoms with Crippen molar-refractivity contribution in [2.45, 2.75) is 25.8 Å². The number of carbonyl (C=O) groups excluding carboxylic acids is 1. The van der Waals surface area contributed by atoms with Gasteiger partial charge in [0.25, 0.3) is 5.91 Å². The third-order valence-corrected chi connectivity index (χ3v) is 3.92. The Hall–Kier alpha value is -2.63. The monoisotopic (exact) mass is 300 g/mol. The lowest BCUT2D eigenvalue weighted by atomic mass is 10.0. The predicted octanol–water partition coefficient (Wildman–Crippen LogP) is 2.34. The molecule has 0 spiro atoms. The van der Waals surface area contributed by atoms with Crippen molar-refractivity contribution >= 4 is 11.9 Å². The molecule has 22 heavy (non-hydrogen) atoms. The minimum Gasteiger partial charge on any atom is -0.480 e. The van der Waals surface area contributed by atoms with Gasteiger partial charge in [0.15, 0.2) is 0 Å². The number of nitrogens with zero attached hydrogens (tertiary/aromatic N) is 2. The van der Waals surface area contributed by atoms with Crippen LogP contribution in [0.4, 0.5) is 0 Å². The summed E-state index contributed by atoms with van der Waals surface area (Å²) >= 11 is 0. The van der Waals surface area contributed by atoms with Crippen LogP contribution in [0.2, 0.25) is 0 Å². The zero-order valence-corrected chi connectivity index (χ0v) is 12.2. The van der Waals surface area contributed by atoms with Crippen LogP contribution in [0.1, 0.15) is 29.0 Å². The Balaban J connectivity index is 2.00. The lowest BCUT2D eigenvalue weighted by Gasteiger charge is -2.21. The number of likely N-dealkylation sites (tertiary alicyclic amines) is 1. The average Bonchev–Trinajstić information content (AvgIpc) is 3.14. The fourth-order valence-electron chi connectivity index (χ4n) is 2.83. The Morgan fingerprint density at radius 1 is 1.32 bits per heavy atom. The molecule has 1 aliphatic rings. The van der Waals surface area contributed by atoms with E-state index in [2.05, 4.69) is 5.16 Å². The van der Waals surface area contributed by atoms with E-state index in [1.165, 1.54) is 4.90 Å². The molecule has 1 aliphatic heterocycles. The molecule has 6 heteroatoms. The summed E-state index contributed by atoms with van der Waals surface area (Å²) in [7, 11) is 0. The summed E-state index contributed by atoms with van der Waals surface area (Å²) in [5.41, 5.74) is 1.58. The Morgan fingerprint density at radius 3 is 2.73 bits per heavy atom. The molecule has 0 aliphatic carbocycles. The second-order valence-corrected chi connectivity index (χ2v) is 5.32. The van der Waals surface area contributed by atoms with E-state index in [9.17, 15) is 14.7 Å². The second kappa shape index (κ2) is 5.63. The first-order valence-corrected chi connectivity index (χ1v) is 7.15. The molecule has 3 rings (SSSR count). The Kier molecular flexibility index (Phi) is 3.66. The molecule has 2 heterocycles. The van der Waals surface area contributed by atoms with Crippen molar-refractivity contribution in [1.82, 2.24) is 10.1 Å². The van der Waals surface area contributed by atoms with Gasteiger partial charge in [0.2, 0.25) is 0 Å². The van der Waals surface area contributed by atoms with E-state index < -0.39 is 12.0 Å². The summed E-state index contributed by atoms with van der Waals surface area (Å²) in [6, 6.07) is 8.48. The lowest BCUT2D eigenvalue weighted by molar-refractivity contribution is -0.141. The molecule has 0 radical (unpaired) electrons.